The van der Waals surface area contributed by atoms with E-state index in [1.807, 2.05) is 13.0 Å². The molecule has 1 amide bonds. The van der Waals surface area contributed by atoms with Crippen molar-refractivity contribution in [1.29, 1.82) is 0 Å². The van der Waals surface area contributed by atoms with Crippen molar-refractivity contribution < 1.29 is 23.2 Å². The van der Waals surface area contributed by atoms with Gasteiger partial charge in [0.05, 0.1) is 42.5 Å². The van der Waals surface area contributed by atoms with Gasteiger partial charge in [0.25, 0.3) is 5.91 Å². The van der Waals surface area contributed by atoms with Gasteiger partial charge in [-0.05, 0) is 48.9 Å². The van der Waals surface area contributed by atoms with Crippen molar-refractivity contribution in [2.75, 3.05) is 7.11 Å². The van der Waals surface area contributed by atoms with Crippen LogP contribution in [0.4, 0.5) is 0 Å². The van der Waals surface area contributed by atoms with E-state index in [0.717, 1.165) is 5.56 Å². The van der Waals surface area contributed by atoms with Gasteiger partial charge < -0.3 is 18.5 Å². The fourth-order valence-corrected chi connectivity index (χ4v) is 4.13. The van der Waals surface area contributed by atoms with Crippen LogP contribution in [-0.2, 0) is 11.3 Å². The molecule has 0 spiro atoms. The molecule has 5 rings (SSSR count). The minimum atomic E-state index is -0.685. The van der Waals surface area contributed by atoms with Crippen LogP contribution in [-0.4, -0.2) is 23.9 Å². The fourth-order valence-electron chi connectivity index (χ4n) is 4.13. The summed E-state index contributed by atoms with van der Waals surface area (Å²) in [6.07, 6.45) is 1.53. The number of rotatable bonds is 4. The van der Waals surface area contributed by atoms with Crippen LogP contribution in [0.25, 0.3) is 11.0 Å². The summed E-state index contributed by atoms with van der Waals surface area (Å²) in [5.74, 6) is -0.249. The highest BCUT2D eigenvalue weighted by molar-refractivity contribution is 5.99. The van der Waals surface area contributed by atoms with Crippen molar-refractivity contribution >= 4 is 22.8 Å². The molecule has 0 aliphatic carbocycles. The first-order valence-electron chi connectivity index (χ1n) is 10.1. The lowest BCUT2D eigenvalue weighted by Gasteiger charge is -2.24. The lowest BCUT2D eigenvalue weighted by Crippen LogP contribution is -2.29. The van der Waals surface area contributed by atoms with E-state index in [0.29, 0.717) is 27.9 Å². The number of carbonyl (C=O) groups is 2. The van der Waals surface area contributed by atoms with E-state index in [-0.39, 0.29) is 23.3 Å². The Bertz CT molecular complexity index is 1400. The second kappa shape index (κ2) is 7.53. The first kappa shape index (κ1) is 19.8. The van der Waals surface area contributed by atoms with Crippen molar-refractivity contribution in [2.45, 2.75) is 19.5 Å². The Morgan fingerprint density at radius 3 is 2.56 bits per heavy atom. The molecule has 2 aromatic carbocycles. The molecule has 1 atom stereocenters. The first-order valence-corrected chi connectivity index (χ1v) is 10.1. The Kier molecular flexibility index (Phi) is 4.66. The number of benzene rings is 2. The number of aryl methyl sites for hydroxylation is 1. The lowest BCUT2D eigenvalue weighted by atomic mass is 9.97. The van der Waals surface area contributed by atoms with Gasteiger partial charge in [-0.15, -0.1) is 0 Å². The minimum Gasteiger partial charge on any atom is -0.467 e. The Morgan fingerprint density at radius 1 is 1.09 bits per heavy atom. The topological polar surface area (TPSA) is 90.0 Å². The van der Waals surface area contributed by atoms with Gasteiger partial charge in [0.15, 0.2) is 5.43 Å². The number of carbonyl (C=O) groups excluding carboxylic acids is 2. The summed E-state index contributed by atoms with van der Waals surface area (Å²) in [6, 6.07) is 14.8. The Balaban J connectivity index is 1.70. The smallest absolute Gasteiger partial charge is 0.337 e. The number of methoxy groups -OCH3 is 1. The molecule has 0 saturated heterocycles. The third kappa shape index (κ3) is 3.10. The van der Waals surface area contributed by atoms with E-state index >= 15 is 0 Å². The molecule has 0 bridgehead atoms. The molecular formula is C25H19NO6. The zero-order valence-electron chi connectivity index (χ0n) is 17.5. The Labute approximate surface area is 182 Å². The van der Waals surface area contributed by atoms with Gasteiger partial charge >= 0.3 is 5.97 Å². The molecule has 2 aromatic heterocycles. The fraction of sp³-hybridized carbons (Fsp3) is 0.160. The summed E-state index contributed by atoms with van der Waals surface area (Å²) < 4.78 is 16.2. The van der Waals surface area contributed by atoms with Crippen LogP contribution in [0, 0.1) is 6.92 Å². The molecule has 7 nitrogen and oxygen atoms in total. The zero-order chi connectivity index (χ0) is 22.4. The normalized spacial score (nSPS) is 15.2. The summed E-state index contributed by atoms with van der Waals surface area (Å²) >= 11 is 0. The maximum absolute atomic E-state index is 13.5. The molecule has 1 aliphatic rings. The molecule has 0 saturated carbocycles. The second-order valence-electron chi connectivity index (χ2n) is 7.70. The molecule has 0 radical (unpaired) electrons. The maximum atomic E-state index is 13.5. The van der Waals surface area contributed by atoms with Crippen LogP contribution in [0.2, 0.25) is 0 Å². The summed E-state index contributed by atoms with van der Waals surface area (Å²) in [6.45, 7) is 2.05. The Morgan fingerprint density at radius 2 is 1.88 bits per heavy atom. The van der Waals surface area contributed by atoms with E-state index in [4.69, 9.17) is 13.6 Å². The van der Waals surface area contributed by atoms with Crippen LogP contribution in [0.1, 0.15) is 49.4 Å². The number of hydrogen-bond acceptors (Lipinski definition) is 6. The van der Waals surface area contributed by atoms with Crippen LogP contribution >= 0.6 is 0 Å². The largest absolute Gasteiger partial charge is 0.467 e. The van der Waals surface area contributed by atoms with Gasteiger partial charge in [0, 0.05) is 0 Å². The highest BCUT2D eigenvalue weighted by Gasteiger charge is 2.43. The summed E-state index contributed by atoms with van der Waals surface area (Å²) in [7, 11) is 1.31. The number of furan rings is 1. The molecule has 7 heteroatoms. The SMILES string of the molecule is COC(=O)c1ccc([C@@H]2c3c(oc4ccc(C)cc4c3=O)C(=O)N2Cc2ccco2)cc1. The van der Waals surface area contributed by atoms with Gasteiger partial charge in [0.1, 0.15) is 11.3 Å². The molecular weight excluding hydrogens is 410 g/mol. The van der Waals surface area contributed by atoms with Gasteiger partial charge in [-0.3, -0.25) is 9.59 Å². The van der Waals surface area contributed by atoms with E-state index in [2.05, 4.69) is 0 Å². The van der Waals surface area contributed by atoms with Crippen molar-refractivity contribution in [2.24, 2.45) is 0 Å². The molecule has 160 valence electrons. The van der Waals surface area contributed by atoms with Crippen molar-refractivity contribution in [3.8, 4) is 0 Å². The Hall–Kier alpha value is -4.13. The lowest BCUT2D eigenvalue weighted by molar-refractivity contribution is 0.0599. The standard InChI is InChI=1S/C25H19NO6/c1-14-5-10-19-18(12-14)22(27)20-21(15-6-8-16(9-7-15)25(29)30-2)26(24(28)23(20)32-19)13-17-4-3-11-31-17/h3-12,21H,13H2,1-2H3/t21-/m1/s1. The number of esters is 1. The van der Waals surface area contributed by atoms with Crippen molar-refractivity contribution in [3.63, 3.8) is 0 Å². The van der Waals surface area contributed by atoms with Gasteiger partial charge in [0.2, 0.25) is 5.76 Å². The predicted molar refractivity (Wildman–Crippen MR) is 115 cm³/mol. The predicted octanol–water partition coefficient (Wildman–Crippen LogP) is 4.23. The average molecular weight is 429 g/mol. The second-order valence-corrected chi connectivity index (χ2v) is 7.70. The molecule has 32 heavy (non-hydrogen) atoms. The number of hydrogen-bond donors (Lipinski definition) is 0. The number of nitrogens with zero attached hydrogens (tertiary/aromatic N) is 1. The summed E-state index contributed by atoms with van der Waals surface area (Å²) in [5.41, 5.74) is 2.37. The van der Waals surface area contributed by atoms with Gasteiger partial charge in [-0.2, -0.15) is 0 Å². The summed E-state index contributed by atoms with van der Waals surface area (Å²) in [5, 5.41) is 0.424. The molecule has 0 N–H and O–H groups in total. The quantitative estimate of drug-likeness (QED) is 0.451. The van der Waals surface area contributed by atoms with Crippen LogP contribution in [0.3, 0.4) is 0 Å². The highest BCUT2D eigenvalue weighted by atomic mass is 16.5. The number of amides is 1. The van der Waals surface area contributed by atoms with Crippen LogP contribution < -0.4 is 5.43 Å². The number of fused-ring (bicyclic) bond motifs is 2. The van der Waals surface area contributed by atoms with E-state index in [9.17, 15) is 14.4 Å². The van der Waals surface area contributed by atoms with E-state index < -0.39 is 17.9 Å². The third-order valence-electron chi connectivity index (χ3n) is 5.67. The first-order chi connectivity index (χ1) is 15.5. The van der Waals surface area contributed by atoms with E-state index in [1.54, 1.807) is 53.4 Å². The van der Waals surface area contributed by atoms with Crippen molar-refractivity contribution in [3.05, 3.63) is 105 Å². The van der Waals surface area contributed by atoms with Crippen LogP contribution in [0.15, 0.2) is 74.5 Å². The summed E-state index contributed by atoms with van der Waals surface area (Å²) in [4.78, 5) is 40.3. The minimum absolute atomic E-state index is 0.0277. The van der Waals surface area contributed by atoms with Gasteiger partial charge in [-0.25, -0.2) is 4.79 Å². The van der Waals surface area contributed by atoms with Crippen molar-refractivity contribution in [1.82, 2.24) is 4.90 Å². The van der Waals surface area contributed by atoms with E-state index in [1.165, 1.54) is 13.4 Å². The molecule has 0 fully saturated rings. The van der Waals surface area contributed by atoms with Crippen LogP contribution in [0.5, 0.6) is 0 Å². The third-order valence-corrected chi connectivity index (χ3v) is 5.67. The monoisotopic (exact) mass is 429 g/mol. The molecule has 3 heterocycles. The molecule has 1 aliphatic heterocycles. The number of ether oxygens (including phenoxy) is 1. The highest BCUT2D eigenvalue weighted by Crippen LogP contribution is 2.39. The van der Waals surface area contributed by atoms with Gasteiger partial charge in [-0.1, -0.05) is 23.8 Å². The molecule has 0 unspecified atom stereocenters. The zero-order valence-corrected chi connectivity index (χ0v) is 17.5. The maximum Gasteiger partial charge on any atom is 0.337 e. The molecule has 4 aromatic rings. The average Bonchev–Trinajstić information content (AvgIpc) is 3.41.